The molecule has 0 saturated carbocycles. The highest BCUT2D eigenvalue weighted by Gasteiger charge is 2.01. The second-order valence-electron chi connectivity index (χ2n) is 2.80. The fraction of sp³-hybridized carbons (Fsp3) is 0.375. The number of imidazole rings is 1. The molecular weight excluding hydrogens is 154 g/mol. The average Bonchev–Trinajstić information content (AvgIpc) is 2.52. The van der Waals surface area contributed by atoms with Crippen molar-refractivity contribution in [1.29, 1.82) is 0 Å². The van der Waals surface area contributed by atoms with Crippen molar-refractivity contribution in [2.24, 2.45) is 0 Å². The van der Waals surface area contributed by atoms with Crippen LogP contribution in [0.5, 0.6) is 0 Å². The lowest BCUT2D eigenvalue weighted by Gasteiger charge is -1.97. The molecule has 64 valence electrons. The van der Waals surface area contributed by atoms with Crippen LogP contribution < -0.4 is 0 Å². The summed E-state index contributed by atoms with van der Waals surface area (Å²) >= 11 is 0. The molecule has 0 saturated heterocycles. The van der Waals surface area contributed by atoms with Crippen LogP contribution in [0, 0.1) is 6.92 Å². The Bertz CT molecular complexity index is 388. The van der Waals surface area contributed by atoms with Gasteiger partial charge in [-0.15, -0.1) is 0 Å². The molecule has 0 atom stereocenters. The average molecular weight is 165 g/mol. The standard InChI is InChI=1S/C8H11N3O/c1-7-6-8-10(4-5-12)2-3-11(8)9-7/h2-3,6,12H,4-5H2,1H3. The van der Waals surface area contributed by atoms with Gasteiger partial charge in [-0.05, 0) is 6.92 Å². The first kappa shape index (κ1) is 7.36. The minimum absolute atomic E-state index is 0.161. The van der Waals surface area contributed by atoms with Gasteiger partial charge in [-0.1, -0.05) is 0 Å². The summed E-state index contributed by atoms with van der Waals surface area (Å²) in [5, 5.41) is 13.0. The van der Waals surface area contributed by atoms with Crippen LogP contribution in [0.25, 0.3) is 5.65 Å². The SMILES string of the molecule is Cc1cc2n(CCO)ccn2n1. The smallest absolute Gasteiger partial charge is 0.136 e. The van der Waals surface area contributed by atoms with Crippen LogP contribution in [0.4, 0.5) is 0 Å². The third kappa shape index (κ3) is 1.00. The molecule has 1 N–H and O–H groups in total. The Labute approximate surface area is 70.0 Å². The van der Waals surface area contributed by atoms with Gasteiger partial charge in [0.1, 0.15) is 5.65 Å². The molecule has 0 aliphatic carbocycles. The van der Waals surface area contributed by atoms with Crippen LogP contribution in [0.15, 0.2) is 18.5 Å². The lowest BCUT2D eigenvalue weighted by molar-refractivity contribution is 0.278. The summed E-state index contributed by atoms with van der Waals surface area (Å²) in [6.07, 6.45) is 3.80. The summed E-state index contributed by atoms with van der Waals surface area (Å²) in [5.41, 5.74) is 2.03. The van der Waals surface area contributed by atoms with Gasteiger partial charge in [0.25, 0.3) is 0 Å². The first-order valence-corrected chi connectivity index (χ1v) is 3.93. The monoisotopic (exact) mass is 165 g/mol. The molecule has 2 rings (SSSR count). The lowest BCUT2D eigenvalue weighted by Crippen LogP contribution is -1.99. The first-order chi connectivity index (χ1) is 5.81. The second kappa shape index (κ2) is 2.64. The van der Waals surface area contributed by atoms with Gasteiger partial charge in [-0.2, -0.15) is 5.10 Å². The van der Waals surface area contributed by atoms with Gasteiger partial charge in [0.15, 0.2) is 0 Å². The van der Waals surface area contributed by atoms with Gasteiger partial charge in [0.05, 0.1) is 12.3 Å². The number of aliphatic hydroxyl groups excluding tert-OH is 1. The Morgan fingerprint density at radius 3 is 3.08 bits per heavy atom. The molecule has 0 aliphatic rings. The summed E-state index contributed by atoms with van der Waals surface area (Å²) in [6, 6.07) is 2.00. The number of fused-ring (bicyclic) bond motifs is 1. The van der Waals surface area contributed by atoms with Crippen molar-refractivity contribution < 1.29 is 5.11 Å². The van der Waals surface area contributed by atoms with Crippen molar-refractivity contribution in [3.63, 3.8) is 0 Å². The summed E-state index contributed by atoms with van der Waals surface area (Å²) in [7, 11) is 0. The Balaban J connectivity index is 2.53. The van der Waals surface area contributed by atoms with E-state index in [1.165, 1.54) is 0 Å². The highest BCUT2D eigenvalue weighted by atomic mass is 16.3. The molecule has 0 aromatic carbocycles. The molecule has 2 aromatic rings. The number of hydrogen-bond donors (Lipinski definition) is 1. The normalized spacial score (nSPS) is 11.2. The van der Waals surface area contributed by atoms with E-state index in [0.29, 0.717) is 6.54 Å². The van der Waals surface area contributed by atoms with E-state index in [4.69, 9.17) is 5.11 Å². The van der Waals surface area contributed by atoms with E-state index in [9.17, 15) is 0 Å². The maximum Gasteiger partial charge on any atom is 0.136 e. The van der Waals surface area contributed by atoms with Crippen molar-refractivity contribution in [3.8, 4) is 0 Å². The minimum atomic E-state index is 0.161. The zero-order chi connectivity index (χ0) is 8.55. The maximum atomic E-state index is 8.75. The highest BCUT2D eigenvalue weighted by Crippen LogP contribution is 2.06. The Hall–Kier alpha value is -1.29. The van der Waals surface area contributed by atoms with Gasteiger partial charge >= 0.3 is 0 Å². The third-order valence-electron chi connectivity index (χ3n) is 1.86. The molecule has 12 heavy (non-hydrogen) atoms. The summed E-state index contributed by atoms with van der Waals surface area (Å²) < 4.78 is 3.78. The minimum Gasteiger partial charge on any atom is -0.395 e. The Kier molecular flexibility index (Phi) is 1.62. The molecule has 0 spiro atoms. The van der Waals surface area contributed by atoms with Gasteiger partial charge in [0.2, 0.25) is 0 Å². The van der Waals surface area contributed by atoms with Gasteiger partial charge < -0.3 is 9.67 Å². The van der Waals surface area contributed by atoms with Crippen molar-refractivity contribution in [1.82, 2.24) is 14.2 Å². The zero-order valence-electron chi connectivity index (χ0n) is 6.94. The van der Waals surface area contributed by atoms with E-state index in [1.807, 2.05) is 34.5 Å². The fourth-order valence-electron chi connectivity index (χ4n) is 1.34. The molecular formula is C8H11N3O. The second-order valence-corrected chi connectivity index (χ2v) is 2.80. The first-order valence-electron chi connectivity index (χ1n) is 3.93. The van der Waals surface area contributed by atoms with Crippen molar-refractivity contribution in [2.45, 2.75) is 13.5 Å². The third-order valence-corrected chi connectivity index (χ3v) is 1.86. The molecule has 0 radical (unpaired) electrons. The van der Waals surface area contributed by atoms with Crippen molar-refractivity contribution >= 4 is 5.65 Å². The predicted molar refractivity (Wildman–Crippen MR) is 45.0 cm³/mol. The van der Waals surface area contributed by atoms with Crippen LogP contribution in [0.1, 0.15) is 5.69 Å². The van der Waals surface area contributed by atoms with E-state index < -0.39 is 0 Å². The molecule has 2 heterocycles. The molecule has 0 amide bonds. The van der Waals surface area contributed by atoms with E-state index in [0.717, 1.165) is 11.3 Å². The fourth-order valence-corrected chi connectivity index (χ4v) is 1.34. The number of hydrogen-bond acceptors (Lipinski definition) is 2. The molecule has 2 aromatic heterocycles. The molecule has 0 unspecified atom stereocenters. The molecule has 4 heteroatoms. The number of aryl methyl sites for hydroxylation is 1. The van der Waals surface area contributed by atoms with Crippen LogP contribution in [0.3, 0.4) is 0 Å². The van der Waals surface area contributed by atoms with Crippen LogP contribution >= 0.6 is 0 Å². The van der Waals surface area contributed by atoms with Crippen molar-refractivity contribution in [3.05, 3.63) is 24.2 Å². The molecule has 0 aliphatic heterocycles. The number of aromatic nitrogens is 3. The Morgan fingerprint density at radius 1 is 1.50 bits per heavy atom. The zero-order valence-corrected chi connectivity index (χ0v) is 6.94. The molecule has 0 fully saturated rings. The van der Waals surface area contributed by atoms with E-state index in [1.54, 1.807) is 0 Å². The van der Waals surface area contributed by atoms with Gasteiger partial charge in [0, 0.05) is 25.0 Å². The lowest BCUT2D eigenvalue weighted by atomic mass is 10.5. The summed E-state index contributed by atoms with van der Waals surface area (Å²) in [4.78, 5) is 0. The predicted octanol–water partition coefficient (Wildman–Crippen LogP) is 0.437. The molecule has 4 nitrogen and oxygen atoms in total. The van der Waals surface area contributed by atoms with Crippen LogP contribution in [-0.2, 0) is 6.54 Å². The van der Waals surface area contributed by atoms with Crippen molar-refractivity contribution in [2.75, 3.05) is 6.61 Å². The largest absolute Gasteiger partial charge is 0.395 e. The maximum absolute atomic E-state index is 8.75. The van der Waals surface area contributed by atoms with Crippen LogP contribution in [-0.4, -0.2) is 25.9 Å². The van der Waals surface area contributed by atoms with Crippen LogP contribution in [0.2, 0.25) is 0 Å². The number of nitrogens with zero attached hydrogens (tertiary/aromatic N) is 3. The summed E-state index contributed by atoms with van der Waals surface area (Å²) in [6.45, 7) is 2.74. The van der Waals surface area contributed by atoms with E-state index in [-0.39, 0.29) is 6.61 Å². The van der Waals surface area contributed by atoms with Gasteiger partial charge in [-0.25, -0.2) is 4.52 Å². The highest BCUT2D eigenvalue weighted by molar-refractivity contribution is 5.40. The van der Waals surface area contributed by atoms with Gasteiger partial charge in [-0.3, -0.25) is 0 Å². The van der Waals surface area contributed by atoms with E-state index in [2.05, 4.69) is 5.10 Å². The topological polar surface area (TPSA) is 42.5 Å². The number of rotatable bonds is 2. The Morgan fingerprint density at radius 2 is 2.33 bits per heavy atom. The molecule has 0 bridgehead atoms. The summed E-state index contributed by atoms with van der Waals surface area (Å²) in [5.74, 6) is 0. The van der Waals surface area contributed by atoms with E-state index >= 15 is 0 Å². The quantitative estimate of drug-likeness (QED) is 0.701. The number of aliphatic hydroxyl groups is 1.